The molecule has 0 radical (unpaired) electrons. The van der Waals surface area contributed by atoms with Crippen molar-refractivity contribution in [2.75, 3.05) is 0 Å². The van der Waals surface area contributed by atoms with Gasteiger partial charge in [0.05, 0.1) is 11.6 Å². The van der Waals surface area contributed by atoms with Crippen molar-refractivity contribution in [2.24, 2.45) is 0 Å². The van der Waals surface area contributed by atoms with Gasteiger partial charge in [0.25, 0.3) is 5.91 Å². The number of nitrogens with one attached hydrogen (secondary N) is 1. The minimum atomic E-state index is -0.399. The average molecular weight is 237 g/mol. The minimum Gasteiger partial charge on any atom is -0.342 e. The second-order valence-electron chi connectivity index (χ2n) is 3.37. The number of rotatable bonds is 6. The van der Waals surface area contributed by atoms with Crippen LogP contribution < -0.4 is 5.32 Å². The maximum Gasteiger partial charge on any atom is 0.252 e. The van der Waals surface area contributed by atoms with E-state index in [4.69, 9.17) is 0 Å². The third-order valence-corrected chi connectivity index (χ3v) is 2.83. The smallest absolute Gasteiger partial charge is 0.252 e. The van der Waals surface area contributed by atoms with Crippen molar-refractivity contribution in [3.05, 3.63) is 34.5 Å². The summed E-state index contributed by atoms with van der Waals surface area (Å²) < 4.78 is 0. The molecule has 1 aromatic heterocycles. The van der Waals surface area contributed by atoms with E-state index in [1.54, 1.807) is 11.4 Å². The van der Waals surface area contributed by atoms with Gasteiger partial charge in [-0.05, 0) is 31.2 Å². The van der Waals surface area contributed by atoms with Gasteiger partial charge in [-0.1, -0.05) is 12.2 Å². The molecule has 1 amide bonds. The Bertz CT molecular complexity index is 357. The molecule has 1 N–H and O–H groups in total. The molecule has 1 rings (SSSR count). The molecule has 0 aliphatic heterocycles. The Morgan fingerprint density at radius 1 is 1.62 bits per heavy atom. The van der Waals surface area contributed by atoms with Crippen molar-refractivity contribution < 1.29 is 9.59 Å². The topological polar surface area (TPSA) is 46.2 Å². The highest BCUT2D eigenvalue weighted by molar-refractivity contribution is 7.08. The lowest BCUT2D eigenvalue weighted by Gasteiger charge is -2.10. The Hall–Kier alpha value is -1.42. The first-order chi connectivity index (χ1) is 7.77. The zero-order chi connectivity index (χ0) is 11.8. The van der Waals surface area contributed by atoms with Crippen molar-refractivity contribution >= 4 is 23.5 Å². The van der Waals surface area contributed by atoms with Crippen molar-refractivity contribution in [1.29, 1.82) is 0 Å². The quantitative estimate of drug-likeness (QED) is 0.610. The van der Waals surface area contributed by atoms with Gasteiger partial charge in [0.2, 0.25) is 0 Å². The molecule has 1 aromatic rings. The van der Waals surface area contributed by atoms with E-state index in [1.807, 2.05) is 24.5 Å². The van der Waals surface area contributed by atoms with E-state index >= 15 is 0 Å². The van der Waals surface area contributed by atoms with Crippen LogP contribution in [0.2, 0.25) is 0 Å². The van der Waals surface area contributed by atoms with Crippen molar-refractivity contribution in [1.82, 2.24) is 5.32 Å². The monoisotopic (exact) mass is 237 g/mol. The fourth-order valence-electron chi connectivity index (χ4n) is 1.26. The van der Waals surface area contributed by atoms with Crippen LogP contribution in [-0.2, 0) is 4.79 Å². The Morgan fingerprint density at radius 3 is 3.00 bits per heavy atom. The van der Waals surface area contributed by atoms with Gasteiger partial charge in [-0.2, -0.15) is 11.3 Å². The van der Waals surface area contributed by atoms with E-state index in [9.17, 15) is 9.59 Å². The van der Waals surface area contributed by atoms with Gasteiger partial charge < -0.3 is 10.1 Å². The van der Waals surface area contributed by atoms with E-state index in [0.29, 0.717) is 12.0 Å². The Labute approximate surface area is 99.2 Å². The third-order valence-electron chi connectivity index (χ3n) is 2.14. The molecule has 3 nitrogen and oxygen atoms in total. The van der Waals surface area contributed by atoms with Crippen LogP contribution in [0.5, 0.6) is 0 Å². The zero-order valence-corrected chi connectivity index (χ0v) is 10.00. The fourth-order valence-corrected chi connectivity index (χ4v) is 1.90. The number of aldehydes is 1. The van der Waals surface area contributed by atoms with Crippen LogP contribution in [0.1, 0.15) is 30.1 Å². The van der Waals surface area contributed by atoms with Crippen LogP contribution in [0.3, 0.4) is 0 Å². The molecule has 86 valence electrons. The summed E-state index contributed by atoms with van der Waals surface area (Å²) in [6, 6.07) is 1.34. The second kappa shape index (κ2) is 6.95. The lowest BCUT2D eigenvalue weighted by atomic mass is 10.1. The second-order valence-corrected chi connectivity index (χ2v) is 4.15. The maximum atomic E-state index is 11.6. The number of hydrogen-bond acceptors (Lipinski definition) is 3. The molecule has 0 spiro atoms. The van der Waals surface area contributed by atoms with Gasteiger partial charge in [-0.15, -0.1) is 0 Å². The number of hydrogen-bond donors (Lipinski definition) is 1. The molecule has 1 unspecified atom stereocenters. The van der Waals surface area contributed by atoms with Crippen LogP contribution in [0.15, 0.2) is 29.0 Å². The largest absolute Gasteiger partial charge is 0.342 e. The summed E-state index contributed by atoms with van der Waals surface area (Å²) in [6.07, 6.45) is 6.14. The number of carbonyl (C=O) groups is 2. The van der Waals surface area contributed by atoms with Crippen molar-refractivity contribution in [3.8, 4) is 0 Å². The highest BCUT2D eigenvalue weighted by atomic mass is 32.1. The minimum absolute atomic E-state index is 0.182. The number of amides is 1. The molecule has 1 atom stereocenters. The van der Waals surface area contributed by atoms with Gasteiger partial charge in [0, 0.05) is 5.38 Å². The lowest BCUT2D eigenvalue weighted by molar-refractivity contribution is -0.109. The highest BCUT2D eigenvalue weighted by Gasteiger charge is 2.12. The van der Waals surface area contributed by atoms with Crippen LogP contribution in [0.4, 0.5) is 0 Å². The summed E-state index contributed by atoms with van der Waals surface area (Å²) in [4.78, 5) is 22.4. The van der Waals surface area contributed by atoms with E-state index in [1.165, 1.54) is 11.3 Å². The van der Waals surface area contributed by atoms with Crippen molar-refractivity contribution in [2.45, 2.75) is 25.8 Å². The number of allylic oxidation sites excluding steroid dienone is 2. The van der Waals surface area contributed by atoms with E-state index in [0.717, 1.165) is 12.7 Å². The molecule has 16 heavy (non-hydrogen) atoms. The molecule has 0 aromatic carbocycles. The molecule has 0 saturated carbocycles. The molecule has 4 heteroatoms. The van der Waals surface area contributed by atoms with Crippen LogP contribution in [0.25, 0.3) is 0 Å². The number of thiophene rings is 1. The van der Waals surface area contributed by atoms with E-state index in [2.05, 4.69) is 5.32 Å². The fraction of sp³-hybridized carbons (Fsp3) is 0.333. The van der Waals surface area contributed by atoms with Gasteiger partial charge >= 0.3 is 0 Å². The standard InChI is InChI=1S/C12H15NO2S/c1-2-3-4-5-11(8-14)13-12(15)10-6-7-16-9-10/h2-3,6-9,11H,4-5H2,1H3,(H,13,15). The summed E-state index contributed by atoms with van der Waals surface area (Å²) in [7, 11) is 0. The first kappa shape index (κ1) is 12.6. The SMILES string of the molecule is CC=CCCC(C=O)NC(=O)c1ccsc1. The Morgan fingerprint density at radius 2 is 2.44 bits per heavy atom. The molecular formula is C12H15NO2S. The lowest BCUT2D eigenvalue weighted by Crippen LogP contribution is -2.35. The Balaban J connectivity index is 2.44. The predicted octanol–water partition coefficient (Wildman–Crippen LogP) is 2.40. The molecule has 0 saturated heterocycles. The predicted molar refractivity (Wildman–Crippen MR) is 65.7 cm³/mol. The van der Waals surface area contributed by atoms with Gasteiger partial charge in [-0.25, -0.2) is 0 Å². The molecule has 1 heterocycles. The summed E-state index contributed by atoms with van der Waals surface area (Å²) in [5.74, 6) is -0.182. The Kier molecular flexibility index (Phi) is 5.50. The molecule has 0 aliphatic rings. The van der Waals surface area contributed by atoms with Crippen molar-refractivity contribution in [3.63, 3.8) is 0 Å². The normalized spacial score (nSPS) is 12.6. The van der Waals surface area contributed by atoms with E-state index < -0.39 is 6.04 Å². The highest BCUT2D eigenvalue weighted by Crippen LogP contribution is 2.06. The molecule has 0 aliphatic carbocycles. The van der Waals surface area contributed by atoms with Crippen LogP contribution >= 0.6 is 11.3 Å². The first-order valence-electron chi connectivity index (χ1n) is 5.17. The van der Waals surface area contributed by atoms with E-state index in [-0.39, 0.29) is 5.91 Å². The zero-order valence-electron chi connectivity index (χ0n) is 9.18. The third kappa shape index (κ3) is 3.98. The van der Waals surface area contributed by atoms with Gasteiger partial charge in [-0.3, -0.25) is 4.79 Å². The molecule has 0 bridgehead atoms. The summed E-state index contributed by atoms with van der Waals surface area (Å²) in [5.41, 5.74) is 0.614. The first-order valence-corrected chi connectivity index (χ1v) is 6.11. The summed E-state index contributed by atoms with van der Waals surface area (Å²) in [6.45, 7) is 1.93. The molecular weight excluding hydrogens is 222 g/mol. The van der Waals surface area contributed by atoms with Gasteiger partial charge in [0.1, 0.15) is 6.29 Å². The van der Waals surface area contributed by atoms with Gasteiger partial charge in [0.15, 0.2) is 0 Å². The maximum absolute atomic E-state index is 11.6. The molecule has 0 fully saturated rings. The van der Waals surface area contributed by atoms with Crippen LogP contribution in [-0.4, -0.2) is 18.2 Å². The van der Waals surface area contributed by atoms with Crippen LogP contribution in [0, 0.1) is 0 Å². The number of carbonyl (C=O) groups excluding carboxylic acids is 2. The average Bonchev–Trinajstić information content (AvgIpc) is 2.81. The summed E-state index contributed by atoms with van der Waals surface area (Å²) >= 11 is 1.46. The summed E-state index contributed by atoms with van der Waals surface area (Å²) in [5, 5.41) is 6.30.